The molecule has 0 saturated carbocycles. The minimum absolute atomic E-state index is 0.157. The van der Waals surface area contributed by atoms with Gasteiger partial charge in [-0.25, -0.2) is 0 Å². The largest absolute Gasteiger partial charge is 0.369 e. The van der Waals surface area contributed by atoms with Gasteiger partial charge in [0.05, 0.1) is 12.5 Å². The molecular formula is C17H31N3O2. The number of rotatable bonds is 5. The van der Waals surface area contributed by atoms with Crippen molar-refractivity contribution in [3.05, 3.63) is 0 Å². The maximum absolute atomic E-state index is 12.6. The molecule has 2 heterocycles. The predicted octanol–water partition coefficient (Wildman–Crippen LogP) is 1.61. The van der Waals surface area contributed by atoms with Gasteiger partial charge in [-0.1, -0.05) is 20.8 Å². The highest BCUT2D eigenvalue weighted by molar-refractivity contribution is 5.81. The van der Waals surface area contributed by atoms with Crippen LogP contribution in [0.4, 0.5) is 0 Å². The number of nitrogens with zero attached hydrogens (tertiary/aromatic N) is 2. The summed E-state index contributed by atoms with van der Waals surface area (Å²) in [5.41, 5.74) is 5.65. The van der Waals surface area contributed by atoms with Gasteiger partial charge in [-0.3, -0.25) is 14.5 Å². The van der Waals surface area contributed by atoms with Crippen LogP contribution in [0.2, 0.25) is 0 Å². The Bertz CT molecular complexity index is 422. The average molecular weight is 309 g/mol. The van der Waals surface area contributed by atoms with E-state index in [1.807, 2.05) is 4.90 Å². The fourth-order valence-electron chi connectivity index (χ4n) is 3.85. The standard InChI is InChI=1S/C17H31N3O2/c1-4-17(2,3)14-8-6-9-19(14)12-15(21)20-10-5-7-13(11-20)16(18)22/h13-14H,4-12H2,1-3H3,(H2,18,22)/t13-,14-/m0/s1. The maximum Gasteiger partial charge on any atom is 0.236 e. The van der Waals surface area contributed by atoms with E-state index < -0.39 is 0 Å². The molecule has 22 heavy (non-hydrogen) atoms. The van der Waals surface area contributed by atoms with Crippen molar-refractivity contribution in [1.29, 1.82) is 0 Å². The number of piperidine rings is 1. The van der Waals surface area contributed by atoms with Crippen LogP contribution in [-0.4, -0.2) is 53.8 Å². The number of carbonyl (C=O) groups is 2. The van der Waals surface area contributed by atoms with E-state index in [1.165, 1.54) is 12.8 Å². The highest BCUT2D eigenvalue weighted by Crippen LogP contribution is 2.35. The van der Waals surface area contributed by atoms with Crippen LogP contribution >= 0.6 is 0 Å². The van der Waals surface area contributed by atoms with E-state index in [0.717, 1.165) is 32.4 Å². The molecule has 0 unspecified atom stereocenters. The molecule has 2 atom stereocenters. The summed E-state index contributed by atoms with van der Waals surface area (Å²) in [5, 5.41) is 0. The van der Waals surface area contributed by atoms with E-state index in [-0.39, 0.29) is 23.1 Å². The summed E-state index contributed by atoms with van der Waals surface area (Å²) in [7, 11) is 0. The Labute approximate surface area is 134 Å². The zero-order valence-electron chi connectivity index (χ0n) is 14.3. The van der Waals surface area contributed by atoms with Crippen molar-refractivity contribution < 1.29 is 9.59 Å². The molecule has 5 heteroatoms. The average Bonchev–Trinajstić information content (AvgIpc) is 2.96. The Morgan fingerprint density at radius 1 is 1.18 bits per heavy atom. The highest BCUT2D eigenvalue weighted by atomic mass is 16.2. The van der Waals surface area contributed by atoms with Crippen molar-refractivity contribution in [2.75, 3.05) is 26.2 Å². The Morgan fingerprint density at radius 3 is 2.50 bits per heavy atom. The Kier molecular flexibility index (Phi) is 5.48. The Balaban J connectivity index is 1.95. The molecule has 0 bridgehead atoms. The number of nitrogens with two attached hydrogens (primary N) is 1. The zero-order chi connectivity index (χ0) is 16.3. The second kappa shape index (κ2) is 6.99. The number of likely N-dealkylation sites (tertiary alicyclic amines) is 2. The predicted molar refractivity (Wildman–Crippen MR) is 87.2 cm³/mol. The van der Waals surface area contributed by atoms with Crippen LogP contribution in [0.25, 0.3) is 0 Å². The van der Waals surface area contributed by atoms with Crippen molar-refractivity contribution in [2.45, 2.75) is 58.9 Å². The number of hydrogen-bond acceptors (Lipinski definition) is 3. The van der Waals surface area contributed by atoms with Crippen LogP contribution in [0, 0.1) is 11.3 Å². The summed E-state index contributed by atoms with van der Waals surface area (Å²) < 4.78 is 0. The molecule has 0 spiro atoms. The summed E-state index contributed by atoms with van der Waals surface area (Å²) in [4.78, 5) is 28.2. The van der Waals surface area contributed by atoms with Gasteiger partial charge in [-0.15, -0.1) is 0 Å². The van der Waals surface area contributed by atoms with Gasteiger partial charge in [-0.05, 0) is 44.1 Å². The molecule has 2 amide bonds. The number of primary amides is 1. The molecule has 0 aromatic rings. The van der Waals surface area contributed by atoms with Crippen LogP contribution in [0.1, 0.15) is 52.9 Å². The third-order valence-electron chi connectivity index (χ3n) is 5.69. The molecule has 2 rings (SSSR count). The molecule has 2 fully saturated rings. The summed E-state index contributed by atoms with van der Waals surface area (Å²) in [5.74, 6) is -0.285. The van der Waals surface area contributed by atoms with E-state index in [1.54, 1.807) is 0 Å². The van der Waals surface area contributed by atoms with E-state index in [0.29, 0.717) is 19.1 Å². The van der Waals surface area contributed by atoms with Crippen molar-refractivity contribution in [1.82, 2.24) is 9.80 Å². The van der Waals surface area contributed by atoms with Gasteiger partial charge in [-0.2, -0.15) is 0 Å². The molecule has 2 aliphatic rings. The summed E-state index contributed by atoms with van der Waals surface area (Å²) in [6.07, 6.45) is 5.16. The van der Waals surface area contributed by atoms with E-state index in [4.69, 9.17) is 5.73 Å². The topological polar surface area (TPSA) is 66.6 Å². The SMILES string of the molecule is CCC(C)(C)[C@@H]1CCCN1CC(=O)N1CCC[C@H](C(N)=O)C1. The first-order chi connectivity index (χ1) is 10.3. The first-order valence-electron chi connectivity index (χ1n) is 8.66. The lowest BCUT2D eigenvalue weighted by atomic mass is 9.80. The normalized spacial score (nSPS) is 27.1. The number of carbonyl (C=O) groups excluding carboxylic acids is 2. The summed E-state index contributed by atoms with van der Waals surface area (Å²) in [6.45, 7) is 9.57. The molecule has 2 aliphatic heterocycles. The van der Waals surface area contributed by atoms with E-state index in [9.17, 15) is 9.59 Å². The molecule has 2 saturated heterocycles. The van der Waals surface area contributed by atoms with E-state index in [2.05, 4.69) is 25.7 Å². The van der Waals surface area contributed by atoms with Crippen LogP contribution in [0.5, 0.6) is 0 Å². The first-order valence-corrected chi connectivity index (χ1v) is 8.66. The number of amides is 2. The van der Waals surface area contributed by atoms with Gasteiger partial charge in [0.25, 0.3) is 0 Å². The van der Waals surface area contributed by atoms with Crippen molar-refractivity contribution in [3.8, 4) is 0 Å². The molecule has 0 aliphatic carbocycles. The zero-order valence-corrected chi connectivity index (χ0v) is 14.3. The molecule has 0 radical (unpaired) electrons. The lowest BCUT2D eigenvalue weighted by Crippen LogP contribution is -2.50. The lowest BCUT2D eigenvalue weighted by molar-refractivity contribution is -0.136. The van der Waals surface area contributed by atoms with Gasteiger partial charge in [0.2, 0.25) is 11.8 Å². The van der Waals surface area contributed by atoms with Crippen LogP contribution in [-0.2, 0) is 9.59 Å². The monoisotopic (exact) mass is 309 g/mol. The van der Waals surface area contributed by atoms with Crippen LogP contribution < -0.4 is 5.73 Å². The van der Waals surface area contributed by atoms with Crippen molar-refractivity contribution >= 4 is 11.8 Å². The van der Waals surface area contributed by atoms with Gasteiger partial charge in [0.15, 0.2) is 0 Å². The lowest BCUT2D eigenvalue weighted by Gasteiger charge is -2.38. The first kappa shape index (κ1) is 17.3. The van der Waals surface area contributed by atoms with E-state index >= 15 is 0 Å². The third-order valence-corrected chi connectivity index (χ3v) is 5.69. The molecule has 5 nitrogen and oxygen atoms in total. The van der Waals surface area contributed by atoms with Gasteiger partial charge < -0.3 is 10.6 Å². The van der Waals surface area contributed by atoms with Gasteiger partial charge in [0.1, 0.15) is 0 Å². The Hall–Kier alpha value is -1.10. The second-order valence-electron chi connectivity index (χ2n) is 7.55. The maximum atomic E-state index is 12.6. The quantitative estimate of drug-likeness (QED) is 0.839. The molecule has 0 aromatic heterocycles. The minimum atomic E-state index is -0.274. The van der Waals surface area contributed by atoms with Crippen LogP contribution in [0.3, 0.4) is 0 Å². The smallest absolute Gasteiger partial charge is 0.236 e. The highest BCUT2D eigenvalue weighted by Gasteiger charge is 2.37. The fraction of sp³-hybridized carbons (Fsp3) is 0.882. The second-order valence-corrected chi connectivity index (χ2v) is 7.55. The molecule has 126 valence electrons. The fourth-order valence-corrected chi connectivity index (χ4v) is 3.85. The minimum Gasteiger partial charge on any atom is -0.369 e. The van der Waals surface area contributed by atoms with Gasteiger partial charge in [0, 0.05) is 19.1 Å². The Morgan fingerprint density at radius 2 is 1.86 bits per heavy atom. The molecule has 2 N–H and O–H groups in total. The molecular weight excluding hydrogens is 278 g/mol. The molecule has 0 aromatic carbocycles. The van der Waals surface area contributed by atoms with Crippen LogP contribution in [0.15, 0.2) is 0 Å². The summed E-state index contributed by atoms with van der Waals surface area (Å²) in [6, 6.07) is 0.484. The third kappa shape index (κ3) is 3.80. The van der Waals surface area contributed by atoms with Gasteiger partial charge >= 0.3 is 0 Å². The van der Waals surface area contributed by atoms with Crippen molar-refractivity contribution in [2.24, 2.45) is 17.1 Å². The number of hydrogen-bond donors (Lipinski definition) is 1. The van der Waals surface area contributed by atoms with Crippen molar-refractivity contribution in [3.63, 3.8) is 0 Å². The summed E-state index contributed by atoms with van der Waals surface area (Å²) >= 11 is 0.